The van der Waals surface area contributed by atoms with E-state index in [1.54, 1.807) is 24.3 Å². The van der Waals surface area contributed by atoms with Crippen molar-refractivity contribution in [3.8, 4) is 11.3 Å². The first-order valence-corrected chi connectivity index (χ1v) is 11.0. The van der Waals surface area contributed by atoms with E-state index >= 15 is 0 Å². The van der Waals surface area contributed by atoms with Crippen molar-refractivity contribution in [1.29, 1.82) is 0 Å². The average molecular weight is 539 g/mol. The molecule has 0 aliphatic rings. The third-order valence-electron chi connectivity index (χ3n) is 4.85. The molecule has 1 heterocycles. The smallest absolute Gasteiger partial charge is 0.229 e. The van der Waals surface area contributed by atoms with Gasteiger partial charge in [-0.1, -0.05) is 42.5 Å². The van der Waals surface area contributed by atoms with Crippen LogP contribution in [0.3, 0.4) is 0 Å². The molecule has 160 valence electrons. The van der Waals surface area contributed by atoms with Crippen LogP contribution in [0.1, 0.15) is 22.9 Å². The Balaban J connectivity index is 1.66. The zero-order valence-electron chi connectivity index (χ0n) is 16.9. The van der Waals surface area contributed by atoms with E-state index in [1.807, 2.05) is 42.5 Å². The summed E-state index contributed by atoms with van der Waals surface area (Å²) < 4.78 is 14.4. The minimum Gasteiger partial charge on any atom is -0.382 e. The average Bonchev–Trinajstić information content (AvgIpc) is 2.81. The van der Waals surface area contributed by atoms with Crippen molar-refractivity contribution in [3.05, 3.63) is 111 Å². The summed E-state index contributed by atoms with van der Waals surface area (Å²) >= 11 is 2.21. The van der Waals surface area contributed by atoms with Crippen molar-refractivity contribution in [2.45, 2.75) is 12.5 Å². The molecule has 1 aromatic heterocycles. The molecule has 0 fully saturated rings. The molecule has 7 heteroatoms. The lowest BCUT2D eigenvalue weighted by atomic mass is 10.1. The lowest BCUT2D eigenvalue weighted by Crippen LogP contribution is -2.19. The number of nitrogens with one attached hydrogen (secondary N) is 1. The van der Waals surface area contributed by atoms with E-state index in [0.717, 1.165) is 9.13 Å². The molecule has 32 heavy (non-hydrogen) atoms. The van der Waals surface area contributed by atoms with Crippen LogP contribution in [-0.4, -0.2) is 21.0 Å². The van der Waals surface area contributed by atoms with Crippen molar-refractivity contribution < 1.29 is 14.3 Å². The third-order valence-corrected chi connectivity index (χ3v) is 5.57. The van der Waals surface area contributed by atoms with Gasteiger partial charge in [-0.3, -0.25) is 4.79 Å². The number of aliphatic hydroxyl groups excluding tert-OH is 1. The largest absolute Gasteiger partial charge is 0.382 e. The molecule has 5 nitrogen and oxygen atoms in total. The fraction of sp³-hybridized carbons (Fsp3) is 0.0800. The molecule has 0 bridgehead atoms. The van der Waals surface area contributed by atoms with Crippen molar-refractivity contribution in [2.24, 2.45) is 0 Å². The molecule has 1 atom stereocenters. The zero-order valence-corrected chi connectivity index (χ0v) is 19.0. The van der Waals surface area contributed by atoms with E-state index in [2.05, 4.69) is 37.9 Å². The predicted molar refractivity (Wildman–Crippen MR) is 129 cm³/mol. The van der Waals surface area contributed by atoms with E-state index in [9.17, 15) is 14.3 Å². The number of halogens is 2. The molecule has 0 spiro atoms. The first-order chi connectivity index (χ1) is 15.5. The van der Waals surface area contributed by atoms with Crippen LogP contribution in [0.15, 0.2) is 85.1 Å². The number of anilines is 1. The van der Waals surface area contributed by atoms with E-state index in [1.165, 1.54) is 18.3 Å². The standard InChI is InChI=1S/C25H19FIN3O2/c26-19-10-8-17(9-11-19)21-15-28-25(23(29-21)24(32)18-4-2-1-3-5-18)30-22(31)14-16-6-12-20(27)13-7-16/h1-13,15,24,32H,14H2,(H,28,30,31). The Morgan fingerprint density at radius 1 is 1.00 bits per heavy atom. The van der Waals surface area contributed by atoms with Crippen molar-refractivity contribution in [3.63, 3.8) is 0 Å². The summed E-state index contributed by atoms with van der Waals surface area (Å²) in [6, 6.07) is 22.5. The number of aliphatic hydroxyl groups is 1. The Labute approximate surface area is 198 Å². The first-order valence-electron chi connectivity index (χ1n) is 9.90. The summed E-state index contributed by atoms with van der Waals surface area (Å²) in [4.78, 5) is 21.6. The van der Waals surface area contributed by atoms with Crippen LogP contribution < -0.4 is 5.32 Å². The number of hydrogen-bond acceptors (Lipinski definition) is 4. The predicted octanol–water partition coefficient (Wildman–Crippen LogP) is 5.15. The van der Waals surface area contributed by atoms with Crippen LogP contribution >= 0.6 is 22.6 Å². The van der Waals surface area contributed by atoms with E-state index in [0.29, 0.717) is 16.8 Å². The Bertz CT molecular complexity index is 1220. The summed E-state index contributed by atoms with van der Waals surface area (Å²) in [5.74, 6) is -0.440. The molecule has 0 radical (unpaired) electrons. The highest BCUT2D eigenvalue weighted by Gasteiger charge is 2.20. The van der Waals surface area contributed by atoms with Crippen LogP contribution in [0.25, 0.3) is 11.3 Å². The Hall–Kier alpha value is -3.17. The Kier molecular flexibility index (Phi) is 6.87. The van der Waals surface area contributed by atoms with Gasteiger partial charge in [-0.25, -0.2) is 14.4 Å². The normalized spacial score (nSPS) is 11.7. The summed E-state index contributed by atoms with van der Waals surface area (Å²) in [7, 11) is 0. The van der Waals surface area contributed by atoms with E-state index in [4.69, 9.17) is 0 Å². The summed E-state index contributed by atoms with van der Waals surface area (Å²) in [5, 5.41) is 13.8. The third kappa shape index (κ3) is 5.35. The number of aromatic nitrogens is 2. The topological polar surface area (TPSA) is 75.1 Å². The second kappa shape index (κ2) is 9.97. The second-order valence-electron chi connectivity index (χ2n) is 7.16. The number of benzene rings is 3. The summed E-state index contributed by atoms with van der Waals surface area (Å²) in [5.41, 5.74) is 2.81. The van der Waals surface area contributed by atoms with E-state index in [-0.39, 0.29) is 29.7 Å². The van der Waals surface area contributed by atoms with Gasteiger partial charge < -0.3 is 10.4 Å². The lowest BCUT2D eigenvalue weighted by molar-refractivity contribution is -0.115. The van der Waals surface area contributed by atoms with Gasteiger partial charge >= 0.3 is 0 Å². The molecule has 0 saturated heterocycles. The highest BCUT2D eigenvalue weighted by Crippen LogP contribution is 2.28. The van der Waals surface area contributed by atoms with Gasteiger partial charge in [0, 0.05) is 9.13 Å². The maximum absolute atomic E-state index is 13.3. The number of amides is 1. The highest BCUT2D eigenvalue weighted by atomic mass is 127. The number of hydrogen-bond donors (Lipinski definition) is 2. The monoisotopic (exact) mass is 539 g/mol. The summed E-state index contributed by atoms with van der Waals surface area (Å²) in [6.07, 6.45) is 0.561. The van der Waals surface area contributed by atoms with Gasteiger partial charge in [-0.15, -0.1) is 0 Å². The molecule has 4 rings (SSSR count). The number of nitrogens with zero attached hydrogens (tertiary/aromatic N) is 2. The minimum absolute atomic E-state index is 0.166. The lowest BCUT2D eigenvalue weighted by Gasteiger charge is -2.16. The fourth-order valence-electron chi connectivity index (χ4n) is 3.21. The van der Waals surface area contributed by atoms with Gasteiger partial charge in [0.2, 0.25) is 5.91 Å². The van der Waals surface area contributed by atoms with Gasteiger partial charge in [0.15, 0.2) is 5.82 Å². The fourth-order valence-corrected chi connectivity index (χ4v) is 3.57. The zero-order chi connectivity index (χ0) is 22.5. The molecular formula is C25H19FIN3O2. The van der Waals surface area contributed by atoms with Gasteiger partial charge in [-0.05, 0) is 70.1 Å². The Morgan fingerprint density at radius 3 is 2.38 bits per heavy atom. The van der Waals surface area contributed by atoms with Crippen molar-refractivity contribution >= 4 is 34.3 Å². The summed E-state index contributed by atoms with van der Waals surface area (Å²) in [6.45, 7) is 0. The molecular weight excluding hydrogens is 520 g/mol. The van der Waals surface area contributed by atoms with Crippen LogP contribution in [-0.2, 0) is 11.2 Å². The SMILES string of the molecule is O=C(Cc1ccc(I)cc1)Nc1ncc(-c2ccc(F)cc2)nc1C(O)c1ccccc1. The maximum atomic E-state index is 13.3. The molecule has 3 aromatic carbocycles. The van der Waals surface area contributed by atoms with Gasteiger partial charge in [0.1, 0.15) is 17.6 Å². The maximum Gasteiger partial charge on any atom is 0.229 e. The first kappa shape index (κ1) is 22.0. The number of rotatable bonds is 6. The number of carbonyl (C=O) groups is 1. The quantitative estimate of drug-likeness (QED) is 0.333. The second-order valence-corrected chi connectivity index (χ2v) is 8.41. The van der Waals surface area contributed by atoms with Crippen LogP contribution in [0.2, 0.25) is 0 Å². The minimum atomic E-state index is -1.10. The van der Waals surface area contributed by atoms with Gasteiger partial charge in [-0.2, -0.15) is 0 Å². The molecule has 4 aromatic rings. The van der Waals surface area contributed by atoms with Crippen LogP contribution in [0.4, 0.5) is 10.2 Å². The molecule has 1 unspecified atom stereocenters. The molecule has 0 aliphatic heterocycles. The van der Waals surface area contributed by atoms with Crippen LogP contribution in [0, 0.1) is 9.39 Å². The van der Waals surface area contributed by atoms with E-state index < -0.39 is 6.10 Å². The molecule has 0 saturated carbocycles. The molecule has 1 amide bonds. The number of carbonyl (C=O) groups excluding carboxylic acids is 1. The van der Waals surface area contributed by atoms with Crippen LogP contribution in [0.5, 0.6) is 0 Å². The van der Waals surface area contributed by atoms with Gasteiger partial charge in [0.05, 0.1) is 18.3 Å². The van der Waals surface area contributed by atoms with Gasteiger partial charge in [0.25, 0.3) is 0 Å². The Morgan fingerprint density at radius 2 is 1.69 bits per heavy atom. The highest BCUT2D eigenvalue weighted by molar-refractivity contribution is 14.1. The van der Waals surface area contributed by atoms with Crippen molar-refractivity contribution in [2.75, 3.05) is 5.32 Å². The molecule has 0 aliphatic carbocycles. The van der Waals surface area contributed by atoms with Crippen molar-refractivity contribution in [1.82, 2.24) is 9.97 Å². The molecule has 2 N–H and O–H groups in total.